The highest BCUT2D eigenvalue weighted by Gasteiger charge is 2.18. The van der Waals surface area contributed by atoms with Crippen LogP contribution in [0, 0.1) is 11.8 Å². The highest BCUT2D eigenvalue weighted by Crippen LogP contribution is 2.27. The average molecular weight is 310 g/mol. The molecule has 128 valence electrons. The van der Waals surface area contributed by atoms with Gasteiger partial charge < -0.3 is 16.0 Å². The van der Waals surface area contributed by atoms with Gasteiger partial charge in [0.25, 0.3) is 0 Å². The highest BCUT2D eigenvalue weighted by atomic mass is 16.2. The van der Waals surface area contributed by atoms with Crippen molar-refractivity contribution < 1.29 is 4.79 Å². The van der Waals surface area contributed by atoms with E-state index in [9.17, 15) is 4.79 Å². The molecule has 0 heterocycles. The molecular weight excluding hydrogens is 276 g/mol. The zero-order valence-electron chi connectivity index (χ0n) is 15.0. The van der Waals surface area contributed by atoms with E-state index in [0.717, 1.165) is 30.9 Å². The lowest BCUT2D eigenvalue weighted by atomic mass is 9.83. The average Bonchev–Trinajstić information content (AvgIpc) is 2.42. The van der Waals surface area contributed by atoms with Gasteiger partial charge >= 0.3 is 0 Å². The minimum absolute atomic E-state index is 0.0452. The van der Waals surface area contributed by atoms with Gasteiger partial charge in [-0.05, 0) is 52.4 Å². The lowest BCUT2D eigenvalue weighted by Gasteiger charge is -2.26. The molecule has 1 aliphatic rings. The molecule has 0 atom stereocenters. The van der Waals surface area contributed by atoms with Crippen LogP contribution in [0.2, 0.25) is 0 Å². The topological polar surface area (TPSA) is 65.5 Å². The number of nitrogens with one attached hydrogen (secondary N) is 3. The summed E-state index contributed by atoms with van der Waals surface area (Å²) < 4.78 is 0. The van der Waals surface area contributed by atoms with Crippen molar-refractivity contribution in [2.75, 3.05) is 19.6 Å². The zero-order chi connectivity index (χ0) is 16.6. The molecular formula is C17H34N4O. The van der Waals surface area contributed by atoms with Gasteiger partial charge in [-0.3, -0.25) is 4.79 Å². The summed E-state index contributed by atoms with van der Waals surface area (Å²) in [5, 5.41) is 9.52. The monoisotopic (exact) mass is 310 g/mol. The van der Waals surface area contributed by atoms with Gasteiger partial charge in [0.2, 0.25) is 5.91 Å². The Morgan fingerprint density at radius 1 is 1.14 bits per heavy atom. The Morgan fingerprint density at radius 2 is 1.77 bits per heavy atom. The maximum atomic E-state index is 11.8. The molecule has 1 aliphatic carbocycles. The number of aliphatic imine (C=N–C) groups is 1. The Kier molecular flexibility index (Phi) is 7.69. The van der Waals surface area contributed by atoms with Crippen molar-refractivity contribution >= 4 is 11.9 Å². The van der Waals surface area contributed by atoms with Crippen LogP contribution in [-0.4, -0.2) is 37.0 Å². The van der Waals surface area contributed by atoms with E-state index in [0.29, 0.717) is 0 Å². The number of nitrogens with zero attached hydrogens (tertiary/aromatic N) is 1. The molecule has 0 radical (unpaired) electrons. The summed E-state index contributed by atoms with van der Waals surface area (Å²) in [6.07, 6.45) is 5.23. The number of rotatable bonds is 5. The molecule has 0 aromatic rings. The molecule has 0 aliphatic heterocycles. The van der Waals surface area contributed by atoms with Crippen molar-refractivity contribution in [1.82, 2.24) is 16.0 Å². The molecule has 5 nitrogen and oxygen atoms in total. The summed E-state index contributed by atoms with van der Waals surface area (Å²) in [7, 11) is 0. The largest absolute Gasteiger partial charge is 0.357 e. The molecule has 1 amide bonds. The van der Waals surface area contributed by atoms with Crippen LogP contribution in [0.4, 0.5) is 0 Å². The molecule has 3 N–H and O–H groups in total. The molecule has 0 unspecified atom stereocenters. The summed E-state index contributed by atoms with van der Waals surface area (Å²) in [6.45, 7) is 12.2. The van der Waals surface area contributed by atoms with Crippen LogP contribution in [-0.2, 0) is 4.79 Å². The Balaban J connectivity index is 2.40. The van der Waals surface area contributed by atoms with Crippen molar-refractivity contribution in [3.8, 4) is 0 Å². The Morgan fingerprint density at radius 3 is 2.32 bits per heavy atom. The van der Waals surface area contributed by atoms with Gasteiger partial charge in [0.1, 0.15) is 6.54 Å². The minimum Gasteiger partial charge on any atom is -0.357 e. The smallest absolute Gasteiger partial charge is 0.242 e. The fourth-order valence-electron chi connectivity index (χ4n) is 2.72. The van der Waals surface area contributed by atoms with Crippen LogP contribution in [0.3, 0.4) is 0 Å². The number of carbonyl (C=O) groups is 1. The molecule has 1 rings (SSSR count). The zero-order valence-corrected chi connectivity index (χ0v) is 15.0. The summed E-state index contributed by atoms with van der Waals surface area (Å²) in [5.41, 5.74) is -0.211. The summed E-state index contributed by atoms with van der Waals surface area (Å²) in [4.78, 5) is 16.2. The molecule has 0 aromatic heterocycles. The van der Waals surface area contributed by atoms with E-state index in [1.165, 1.54) is 25.7 Å². The lowest BCUT2D eigenvalue weighted by Crippen LogP contribution is -2.44. The van der Waals surface area contributed by atoms with Gasteiger partial charge in [-0.2, -0.15) is 0 Å². The van der Waals surface area contributed by atoms with E-state index in [-0.39, 0.29) is 18.0 Å². The molecule has 22 heavy (non-hydrogen) atoms. The van der Waals surface area contributed by atoms with E-state index in [4.69, 9.17) is 0 Å². The summed E-state index contributed by atoms with van der Waals surface area (Å²) >= 11 is 0. The predicted molar refractivity (Wildman–Crippen MR) is 93.0 cm³/mol. The first kappa shape index (κ1) is 18.8. The molecule has 5 heteroatoms. The van der Waals surface area contributed by atoms with Gasteiger partial charge in [-0.25, -0.2) is 4.99 Å². The molecule has 0 spiro atoms. The summed E-state index contributed by atoms with van der Waals surface area (Å²) in [5.74, 6) is 2.30. The van der Waals surface area contributed by atoms with Crippen LogP contribution >= 0.6 is 0 Å². The second kappa shape index (κ2) is 9.01. The highest BCUT2D eigenvalue weighted by molar-refractivity contribution is 5.85. The third kappa shape index (κ3) is 8.25. The standard InChI is InChI=1S/C17H34N4O/c1-6-18-16(20-12-15(22)21-17(3,4)5)19-11-14-9-7-13(2)8-10-14/h13-14H,6-12H2,1-5H3,(H,21,22)(H2,18,19,20). The fraction of sp³-hybridized carbons (Fsp3) is 0.882. The van der Waals surface area contributed by atoms with E-state index >= 15 is 0 Å². The first-order valence-corrected chi connectivity index (χ1v) is 8.63. The molecule has 1 fully saturated rings. The van der Waals surface area contributed by atoms with E-state index in [2.05, 4.69) is 27.9 Å². The maximum Gasteiger partial charge on any atom is 0.242 e. The van der Waals surface area contributed by atoms with Gasteiger partial charge in [-0.15, -0.1) is 0 Å². The van der Waals surface area contributed by atoms with Crippen LogP contribution in [0.15, 0.2) is 4.99 Å². The first-order chi connectivity index (χ1) is 10.3. The van der Waals surface area contributed by atoms with Gasteiger partial charge in [0.05, 0.1) is 0 Å². The summed E-state index contributed by atoms with van der Waals surface area (Å²) in [6, 6.07) is 0. The SMILES string of the molecule is CCNC(=NCC(=O)NC(C)(C)C)NCC1CCC(C)CC1. The number of hydrogen-bond acceptors (Lipinski definition) is 2. The van der Waals surface area contributed by atoms with E-state index in [1.807, 2.05) is 27.7 Å². The van der Waals surface area contributed by atoms with Crippen LogP contribution in [0.25, 0.3) is 0 Å². The minimum atomic E-state index is -0.211. The second-order valence-electron chi connectivity index (χ2n) is 7.50. The maximum absolute atomic E-state index is 11.8. The van der Waals surface area contributed by atoms with Crippen LogP contribution in [0.5, 0.6) is 0 Å². The van der Waals surface area contributed by atoms with Crippen molar-refractivity contribution in [3.63, 3.8) is 0 Å². The van der Waals surface area contributed by atoms with E-state index in [1.54, 1.807) is 0 Å². The number of amides is 1. The molecule has 0 bridgehead atoms. The second-order valence-corrected chi connectivity index (χ2v) is 7.50. The third-order valence-electron chi connectivity index (χ3n) is 3.93. The fourth-order valence-corrected chi connectivity index (χ4v) is 2.72. The Bertz CT molecular complexity index is 365. The Hall–Kier alpha value is -1.26. The van der Waals surface area contributed by atoms with Crippen molar-refractivity contribution in [1.29, 1.82) is 0 Å². The van der Waals surface area contributed by atoms with Crippen LogP contribution < -0.4 is 16.0 Å². The number of hydrogen-bond donors (Lipinski definition) is 3. The van der Waals surface area contributed by atoms with Gasteiger partial charge in [0.15, 0.2) is 5.96 Å². The number of carbonyl (C=O) groups excluding carboxylic acids is 1. The van der Waals surface area contributed by atoms with Crippen LogP contribution in [0.1, 0.15) is 60.3 Å². The van der Waals surface area contributed by atoms with Gasteiger partial charge in [0, 0.05) is 18.6 Å². The third-order valence-corrected chi connectivity index (χ3v) is 3.93. The number of guanidine groups is 1. The van der Waals surface area contributed by atoms with Gasteiger partial charge in [-0.1, -0.05) is 19.8 Å². The molecule has 0 saturated heterocycles. The molecule has 0 aromatic carbocycles. The first-order valence-electron chi connectivity index (χ1n) is 8.63. The Labute approximate surface area is 135 Å². The quantitative estimate of drug-likeness (QED) is 0.539. The predicted octanol–water partition coefficient (Wildman–Crippen LogP) is 2.28. The lowest BCUT2D eigenvalue weighted by molar-refractivity contribution is -0.121. The van der Waals surface area contributed by atoms with Crippen molar-refractivity contribution in [3.05, 3.63) is 0 Å². The van der Waals surface area contributed by atoms with Crippen molar-refractivity contribution in [2.45, 2.75) is 65.8 Å². The normalized spacial score (nSPS) is 23.0. The van der Waals surface area contributed by atoms with Crippen molar-refractivity contribution in [2.24, 2.45) is 16.8 Å². The van der Waals surface area contributed by atoms with E-state index < -0.39 is 0 Å². The molecule has 1 saturated carbocycles.